The van der Waals surface area contributed by atoms with Crippen molar-refractivity contribution in [3.8, 4) is 29.4 Å². The van der Waals surface area contributed by atoms with Crippen LogP contribution in [-0.4, -0.2) is 25.4 Å². The summed E-state index contributed by atoms with van der Waals surface area (Å²) in [5.74, 6) is 12.4. The number of nitrogens with zero attached hydrogens (tertiary/aromatic N) is 1. The van der Waals surface area contributed by atoms with Crippen LogP contribution < -0.4 is 4.74 Å². The van der Waals surface area contributed by atoms with Gasteiger partial charge in [0.15, 0.2) is 0 Å². The van der Waals surface area contributed by atoms with Crippen LogP contribution in [-0.2, 0) is 9.53 Å². The summed E-state index contributed by atoms with van der Waals surface area (Å²) < 4.78 is 10.7. The molecule has 0 spiro atoms. The zero-order valence-electron chi connectivity index (χ0n) is 19.3. The lowest BCUT2D eigenvalue weighted by molar-refractivity contribution is -0.137. The summed E-state index contributed by atoms with van der Waals surface area (Å²) in [6.07, 6.45) is 9.22. The fourth-order valence-electron chi connectivity index (χ4n) is 2.77. The van der Waals surface area contributed by atoms with Crippen molar-refractivity contribution in [1.82, 2.24) is 0 Å². The zero-order chi connectivity index (χ0) is 23.6. The number of benzene rings is 2. The molecule has 0 radical (unpaired) electrons. The monoisotopic (exact) mass is 441 g/mol. The van der Waals surface area contributed by atoms with Gasteiger partial charge in [-0.15, -0.1) is 0 Å². The number of unbranched alkanes of at least 4 members (excludes halogenated alkanes) is 4. The summed E-state index contributed by atoms with van der Waals surface area (Å²) in [5, 5.41) is 0. The summed E-state index contributed by atoms with van der Waals surface area (Å²) in [6, 6.07) is 15.5. The number of ether oxygens (including phenoxy) is 2. The first-order valence-corrected chi connectivity index (χ1v) is 11.4. The Morgan fingerprint density at radius 3 is 2.21 bits per heavy atom. The summed E-state index contributed by atoms with van der Waals surface area (Å²) >= 11 is 0. The highest BCUT2D eigenvalue weighted by atomic mass is 16.5. The molecule has 0 atom stereocenters. The average Bonchev–Trinajstić information content (AvgIpc) is 2.85. The molecule has 0 aliphatic carbocycles. The summed E-state index contributed by atoms with van der Waals surface area (Å²) in [6.45, 7) is 6.68. The molecular weight excluding hydrogens is 410 g/mol. The molecule has 170 valence electrons. The Balaban J connectivity index is 1.74. The van der Waals surface area contributed by atoms with Gasteiger partial charge in [-0.05, 0) is 79.6 Å². The Hall–Kier alpha value is -3.76. The molecule has 0 unspecified atom stereocenters. The van der Waals surface area contributed by atoms with Gasteiger partial charge >= 0.3 is 5.97 Å². The normalized spacial score (nSPS) is 9.97. The van der Waals surface area contributed by atoms with Crippen LogP contribution in [0.25, 0.3) is 0 Å². The lowest BCUT2D eigenvalue weighted by atomic mass is 10.2. The van der Waals surface area contributed by atoms with E-state index >= 15 is 0 Å². The molecule has 0 saturated carbocycles. The van der Waals surface area contributed by atoms with Gasteiger partial charge in [0.2, 0.25) is 0 Å². The molecule has 0 bridgehead atoms. The van der Waals surface area contributed by atoms with Crippen molar-refractivity contribution in [3.63, 3.8) is 0 Å². The molecule has 4 heteroatoms. The van der Waals surface area contributed by atoms with E-state index < -0.39 is 5.97 Å². The molecule has 2 aromatic carbocycles. The van der Waals surface area contributed by atoms with Crippen molar-refractivity contribution in [2.45, 2.75) is 45.4 Å². The maximum atomic E-state index is 10.9. The second kappa shape index (κ2) is 16.0. The fraction of sp³-hybridized carbons (Fsp3) is 0.310. The van der Waals surface area contributed by atoms with E-state index in [0.29, 0.717) is 6.61 Å². The SMILES string of the molecule is C=CC(=O)OCCCC=Nc1ccc(C#CC#Cc2ccc(OCCCCCC)cc2)cc1. The predicted octanol–water partition coefficient (Wildman–Crippen LogP) is 6.26. The molecule has 2 rings (SSSR count). The van der Waals surface area contributed by atoms with Gasteiger partial charge in [-0.1, -0.05) is 44.6 Å². The fourth-order valence-corrected chi connectivity index (χ4v) is 2.77. The maximum absolute atomic E-state index is 10.9. The molecule has 0 saturated heterocycles. The molecule has 0 amide bonds. The first kappa shape index (κ1) is 25.5. The van der Waals surface area contributed by atoms with E-state index in [4.69, 9.17) is 9.47 Å². The van der Waals surface area contributed by atoms with Crippen molar-refractivity contribution in [2.24, 2.45) is 4.99 Å². The minimum atomic E-state index is -0.399. The molecule has 33 heavy (non-hydrogen) atoms. The van der Waals surface area contributed by atoms with Gasteiger partial charge < -0.3 is 9.47 Å². The molecule has 4 nitrogen and oxygen atoms in total. The number of carbonyl (C=O) groups is 1. The first-order valence-electron chi connectivity index (χ1n) is 11.4. The summed E-state index contributed by atoms with van der Waals surface area (Å²) in [4.78, 5) is 15.3. The van der Waals surface area contributed by atoms with E-state index in [1.165, 1.54) is 19.3 Å². The molecule has 0 aliphatic heterocycles. The van der Waals surface area contributed by atoms with Gasteiger partial charge in [-0.3, -0.25) is 4.99 Å². The van der Waals surface area contributed by atoms with Crippen molar-refractivity contribution in [1.29, 1.82) is 0 Å². The maximum Gasteiger partial charge on any atom is 0.330 e. The van der Waals surface area contributed by atoms with Gasteiger partial charge in [0, 0.05) is 23.4 Å². The molecule has 0 N–H and O–H groups in total. The van der Waals surface area contributed by atoms with Crippen LogP contribution in [0.5, 0.6) is 5.75 Å². The van der Waals surface area contributed by atoms with Crippen LogP contribution >= 0.6 is 0 Å². The Labute approximate surface area is 197 Å². The molecular formula is C29H31NO3. The molecule has 2 aromatic rings. The summed E-state index contributed by atoms with van der Waals surface area (Å²) in [7, 11) is 0. The lowest BCUT2D eigenvalue weighted by Crippen LogP contribution is -2.01. The van der Waals surface area contributed by atoms with Crippen molar-refractivity contribution < 1.29 is 14.3 Å². The van der Waals surface area contributed by atoms with E-state index in [1.807, 2.05) is 54.7 Å². The van der Waals surface area contributed by atoms with E-state index in [-0.39, 0.29) is 0 Å². The second-order valence-electron chi connectivity index (χ2n) is 7.31. The smallest absolute Gasteiger partial charge is 0.330 e. The van der Waals surface area contributed by atoms with Crippen LogP contribution in [0.3, 0.4) is 0 Å². The minimum Gasteiger partial charge on any atom is -0.494 e. The molecule has 0 heterocycles. The number of esters is 1. The van der Waals surface area contributed by atoms with Gasteiger partial charge in [0.05, 0.1) is 18.9 Å². The third kappa shape index (κ3) is 11.4. The van der Waals surface area contributed by atoms with Crippen molar-refractivity contribution in [2.75, 3.05) is 13.2 Å². The van der Waals surface area contributed by atoms with Gasteiger partial charge in [-0.2, -0.15) is 0 Å². The Bertz CT molecular complexity index is 1010. The molecule has 0 aliphatic rings. The van der Waals surface area contributed by atoms with E-state index in [9.17, 15) is 4.79 Å². The average molecular weight is 442 g/mol. The number of hydrogen-bond donors (Lipinski definition) is 0. The van der Waals surface area contributed by atoms with Crippen LogP contribution in [0.4, 0.5) is 5.69 Å². The van der Waals surface area contributed by atoms with E-state index in [0.717, 1.165) is 54.5 Å². The van der Waals surface area contributed by atoms with Crippen molar-refractivity contribution in [3.05, 3.63) is 72.3 Å². The van der Waals surface area contributed by atoms with Crippen LogP contribution in [0.15, 0.2) is 66.2 Å². The third-order valence-electron chi connectivity index (χ3n) is 4.59. The van der Waals surface area contributed by atoms with Gasteiger partial charge in [0.1, 0.15) is 5.75 Å². The second-order valence-corrected chi connectivity index (χ2v) is 7.31. The van der Waals surface area contributed by atoms with Gasteiger partial charge in [0.25, 0.3) is 0 Å². The van der Waals surface area contributed by atoms with Crippen LogP contribution in [0.2, 0.25) is 0 Å². The Morgan fingerprint density at radius 2 is 1.58 bits per heavy atom. The Kier molecular flexibility index (Phi) is 12.3. The van der Waals surface area contributed by atoms with Crippen LogP contribution in [0.1, 0.15) is 56.6 Å². The number of aliphatic imine (C=N–C) groups is 1. The number of carbonyl (C=O) groups excluding carboxylic acids is 1. The summed E-state index contributed by atoms with van der Waals surface area (Å²) in [5.41, 5.74) is 2.64. The zero-order valence-corrected chi connectivity index (χ0v) is 19.3. The van der Waals surface area contributed by atoms with E-state index in [2.05, 4.69) is 42.2 Å². The minimum absolute atomic E-state index is 0.365. The highest BCUT2D eigenvalue weighted by Crippen LogP contribution is 2.13. The standard InChI is InChI=1S/C29H31NO3/c1-3-5-6-10-23-32-28-20-16-26(17-21-28)13-8-7-12-25-14-18-27(19-15-25)30-22-9-11-24-33-29(31)4-2/h4,14-22H,2-3,5-6,9-11,23-24H2,1H3. The number of rotatable bonds is 12. The van der Waals surface area contributed by atoms with Crippen molar-refractivity contribution >= 4 is 17.9 Å². The van der Waals surface area contributed by atoms with Gasteiger partial charge in [-0.25, -0.2) is 4.79 Å². The number of hydrogen-bond acceptors (Lipinski definition) is 4. The largest absolute Gasteiger partial charge is 0.494 e. The topological polar surface area (TPSA) is 47.9 Å². The molecule has 0 fully saturated rings. The highest BCUT2D eigenvalue weighted by Gasteiger charge is 1.95. The highest BCUT2D eigenvalue weighted by molar-refractivity contribution is 5.81. The first-order chi connectivity index (χ1) is 16.2. The quantitative estimate of drug-likeness (QED) is 0.128. The van der Waals surface area contributed by atoms with Crippen LogP contribution in [0, 0.1) is 23.7 Å². The Morgan fingerprint density at radius 1 is 0.909 bits per heavy atom. The lowest BCUT2D eigenvalue weighted by Gasteiger charge is -2.05. The van der Waals surface area contributed by atoms with E-state index in [1.54, 1.807) is 0 Å². The predicted molar refractivity (Wildman–Crippen MR) is 135 cm³/mol. The third-order valence-corrected chi connectivity index (χ3v) is 4.59. The molecule has 0 aromatic heterocycles.